The molecule has 0 amide bonds. The van der Waals surface area contributed by atoms with E-state index in [0.29, 0.717) is 6.04 Å². The third kappa shape index (κ3) is 1.93. The molecular weight excluding hydrogens is 179 g/mol. The molecule has 0 aliphatic carbocycles. The molecule has 0 spiro atoms. The van der Waals surface area contributed by atoms with Gasteiger partial charge < -0.3 is 5.32 Å². The average Bonchev–Trinajstić information content (AvgIpc) is 2.19. The first-order chi connectivity index (χ1) is 6.77. The average molecular weight is 194 g/mol. The largest absolute Gasteiger partial charge is 0.310 e. The van der Waals surface area contributed by atoms with E-state index in [0.717, 1.165) is 24.1 Å². The molecule has 0 aromatic carbocycles. The Morgan fingerprint density at radius 3 is 3.00 bits per heavy atom. The van der Waals surface area contributed by atoms with Crippen LogP contribution in [0.5, 0.6) is 0 Å². The van der Waals surface area contributed by atoms with E-state index in [2.05, 4.69) is 10.3 Å². The van der Waals surface area contributed by atoms with Gasteiger partial charge in [0.05, 0.1) is 0 Å². The Kier molecular flexibility index (Phi) is 2.77. The van der Waals surface area contributed by atoms with Crippen molar-refractivity contribution < 1.29 is 4.39 Å². The molecule has 1 aromatic rings. The predicted octanol–water partition coefficient (Wildman–Crippen LogP) is 2.34. The summed E-state index contributed by atoms with van der Waals surface area (Å²) in [4.78, 5) is 3.71. The van der Waals surface area contributed by atoms with Crippen LogP contribution in [0.2, 0.25) is 0 Å². The van der Waals surface area contributed by atoms with Crippen LogP contribution in [0.4, 0.5) is 4.39 Å². The summed E-state index contributed by atoms with van der Waals surface area (Å²) in [5.74, 6) is -0.387. The van der Waals surface area contributed by atoms with Crippen LogP contribution in [0.1, 0.15) is 36.4 Å². The molecule has 76 valence electrons. The number of rotatable bonds is 1. The van der Waals surface area contributed by atoms with Crippen molar-refractivity contribution in [3.05, 3.63) is 29.3 Å². The highest BCUT2D eigenvalue weighted by atomic mass is 19.1. The molecule has 1 aliphatic rings. The quantitative estimate of drug-likeness (QED) is 0.694. The van der Waals surface area contributed by atoms with Crippen LogP contribution in [-0.4, -0.2) is 11.5 Å². The van der Waals surface area contributed by atoms with Gasteiger partial charge in [0.2, 0.25) is 5.95 Å². The van der Waals surface area contributed by atoms with Crippen molar-refractivity contribution in [1.29, 1.82) is 0 Å². The van der Waals surface area contributed by atoms with Crippen molar-refractivity contribution in [3.8, 4) is 0 Å². The molecule has 2 nitrogen and oxygen atoms in total. The smallest absolute Gasteiger partial charge is 0.213 e. The van der Waals surface area contributed by atoms with Gasteiger partial charge in [0.25, 0.3) is 0 Å². The fraction of sp³-hybridized carbons (Fsp3) is 0.545. The highest BCUT2D eigenvalue weighted by molar-refractivity contribution is 5.25. The number of halogens is 1. The third-order valence-corrected chi connectivity index (χ3v) is 2.80. The molecule has 1 aromatic heterocycles. The van der Waals surface area contributed by atoms with E-state index in [-0.39, 0.29) is 5.95 Å². The van der Waals surface area contributed by atoms with Crippen LogP contribution >= 0.6 is 0 Å². The van der Waals surface area contributed by atoms with Crippen molar-refractivity contribution in [3.63, 3.8) is 0 Å². The number of piperidine rings is 1. The number of aromatic nitrogens is 1. The number of nitrogens with one attached hydrogen (secondary N) is 1. The van der Waals surface area contributed by atoms with Crippen molar-refractivity contribution >= 4 is 0 Å². The zero-order chi connectivity index (χ0) is 9.97. The Morgan fingerprint density at radius 1 is 1.50 bits per heavy atom. The molecule has 0 saturated carbocycles. The highest BCUT2D eigenvalue weighted by Gasteiger charge is 2.16. The van der Waals surface area contributed by atoms with Gasteiger partial charge in [-0.3, -0.25) is 0 Å². The minimum Gasteiger partial charge on any atom is -0.310 e. The van der Waals surface area contributed by atoms with Gasteiger partial charge in [-0.15, -0.1) is 0 Å². The Bertz CT molecular complexity index is 319. The highest BCUT2D eigenvalue weighted by Crippen LogP contribution is 2.24. The Labute approximate surface area is 83.6 Å². The molecule has 0 radical (unpaired) electrons. The molecule has 2 rings (SSSR count). The molecule has 1 N–H and O–H groups in total. The van der Waals surface area contributed by atoms with Gasteiger partial charge in [-0.25, -0.2) is 4.98 Å². The maximum absolute atomic E-state index is 12.8. The zero-order valence-electron chi connectivity index (χ0n) is 8.39. The maximum atomic E-state index is 12.8. The summed E-state index contributed by atoms with van der Waals surface area (Å²) >= 11 is 0. The van der Waals surface area contributed by atoms with E-state index >= 15 is 0 Å². The van der Waals surface area contributed by atoms with Gasteiger partial charge in [0.15, 0.2) is 0 Å². The lowest BCUT2D eigenvalue weighted by Crippen LogP contribution is -2.27. The summed E-state index contributed by atoms with van der Waals surface area (Å²) in [6.07, 6.45) is 5.28. The summed E-state index contributed by atoms with van der Waals surface area (Å²) in [6.45, 7) is 3.00. The summed E-state index contributed by atoms with van der Waals surface area (Å²) in [7, 11) is 0. The molecule has 0 unspecified atom stereocenters. The van der Waals surface area contributed by atoms with E-state index in [9.17, 15) is 4.39 Å². The minimum atomic E-state index is -0.387. The number of hydrogen-bond donors (Lipinski definition) is 1. The van der Waals surface area contributed by atoms with E-state index < -0.39 is 0 Å². The van der Waals surface area contributed by atoms with Crippen molar-refractivity contribution in [2.45, 2.75) is 32.2 Å². The Hall–Kier alpha value is -0.960. The molecule has 1 aliphatic heterocycles. The molecule has 3 heteroatoms. The first-order valence-corrected chi connectivity index (χ1v) is 5.13. The number of hydrogen-bond acceptors (Lipinski definition) is 2. The normalized spacial score (nSPS) is 22.3. The molecular formula is C11H15FN2. The molecule has 1 atom stereocenters. The predicted molar refractivity (Wildman–Crippen MR) is 53.5 cm³/mol. The summed E-state index contributed by atoms with van der Waals surface area (Å²) in [5, 5.41) is 3.43. The summed E-state index contributed by atoms with van der Waals surface area (Å²) in [5.41, 5.74) is 2.14. The van der Waals surface area contributed by atoms with Crippen molar-refractivity contribution in [2.24, 2.45) is 0 Å². The topological polar surface area (TPSA) is 24.9 Å². The minimum absolute atomic E-state index is 0.372. The third-order valence-electron chi connectivity index (χ3n) is 2.80. The fourth-order valence-electron chi connectivity index (χ4n) is 2.01. The SMILES string of the molecule is Cc1cc(F)ncc1[C@H]1CCCCN1. The van der Waals surface area contributed by atoms with Crippen LogP contribution in [0.25, 0.3) is 0 Å². The van der Waals surface area contributed by atoms with Gasteiger partial charge in [-0.2, -0.15) is 4.39 Å². The second kappa shape index (κ2) is 4.05. The van der Waals surface area contributed by atoms with Gasteiger partial charge in [-0.05, 0) is 43.5 Å². The van der Waals surface area contributed by atoms with Crippen molar-refractivity contribution in [1.82, 2.24) is 10.3 Å². The fourth-order valence-corrected chi connectivity index (χ4v) is 2.01. The first-order valence-electron chi connectivity index (χ1n) is 5.13. The van der Waals surface area contributed by atoms with E-state index in [1.165, 1.54) is 18.9 Å². The Balaban J connectivity index is 2.22. The number of aryl methyl sites for hydroxylation is 1. The Morgan fingerprint density at radius 2 is 2.36 bits per heavy atom. The van der Waals surface area contributed by atoms with E-state index in [4.69, 9.17) is 0 Å². The molecule has 1 saturated heterocycles. The van der Waals surface area contributed by atoms with E-state index in [1.54, 1.807) is 6.20 Å². The molecule has 0 bridgehead atoms. The van der Waals surface area contributed by atoms with Crippen LogP contribution in [0.15, 0.2) is 12.3 Å². The van der Waals surface area contributed by atoms with Gasteiger partial charge in [0.1, 0.15) is 0 Å². The molecule has 2 heterocycles. The zero-order valence-corrected chi connectivity index (χ0v) is 8.39. The van der Waals surface area contributed by atoms with E-state index in [1.807, 2.05) is 6.92 Å². The van der Waals surface area contributed by atoms with Gasteiger partial charge in [-0.1, -0.05) is 6.42 Å². The summed E-state index contributed by atoms with van der Waals surface area (Å²) in [6, 6.07) is 1.88. The second-order valence-corrected chi connectivity index (χ2v) is 3.87. The van der Waals surface area contributed by atoms with Gasteiger partial charge >= 0.3 is 0 Å². The lowest BCUT2D eigenvalue weighted by atomic mass is 9.96. The van der Waals surface area contributed by atoms with Crippen LogP contribution in [-0.2, 0) is 0 Å². The monoisotopic (exact) mass is 194 g/mol. The molecule has 1 fully saturated rings. The number of nitrogens with zero attached hydrogens (tertiary/aromatic N) is 1. The number of pyridine rings is 1. The van der Waals surface area contributed by atoms with Crippen LogP contribution < -0.4 is 5.32 Å². The summed E-state index contributed by atoms with van der Waals surface area (Å²) < 4.78 is 12.8. The maximum Gasteiger partial charge on any atom is 0.213 e. The standard InChI is InChI=1S/C11H15FN2/c1-8-6-11(12)14-7-9(8)10-4-2-3-5-13-10/h6-7,10,13H,2-5H2,1H3/t10-/m1/s1. The first kappa shape index (κ1) is 9.59. The van der Waals surface area contributed by atoms with Gasteiger partial charge in [0, 0.05) is 12.2 Å². The van der Waals surface area contributed by atoms with Crippen LogP contribution in [0.3, 0.4) is 0 Å². The lowest BCUT2D eigenvalue weighted by molar-refractivity contribution is 0.409. The molecule has 14 heavy (non-hydrogen) atoms. The second-order valence-electron chi connectivity index (χ2n) is 3.87. The van der Waals surface area contributed by atoms with Crippen molar-refractivity contribution in [2.75, 3.05) is 6.54 Å². The lowest BCUT2D eigenvalue weighted by Gasteiger charge is -2.24. The van der Waals surface area contributed by atoms with Crippen LogP contribution in [0, 0.1) is 12.9 Å².